The number of carbonyl (C=O) groups is 1. The second-order valence-electron chi connectivity index (χ2n) is 6.43. The molecule has 3 aromatic carbocycles. The standard InChI is InChI=1S/C22H17Cl2N3OS/c23-16-9-8-15(18(24)12-16)10-11-25-21(28)20-13-29-22(27-20)26-19-7-3-5-14-4-1-2-6-17(14)19/h1-9,12-13H,10-11H2,(H,25,28)(H,26,27). The Bertz CT molecular complexity index is 1170. The SMILES string of the molecule is O=C(NCCc1ccc(Cl)cc1Cl)c1csc(Nc2cccc3ccccc23)n1. The molecule has 7 heteroatoms. The molecule has 0 saturated heterocycles. The molecule has 0 bridgehead atoms. The van der Waals surface area contributed by atoms with Gasteiger partial charge in [-0.3, -0.25) is 4.79 Å². The number of anilines is 2. The third-order valence-electron chi connectivity index (χ3n) is 4.46. The second kappa shape index (κ2) is 8.82. The van der Waals surface area contributed by atoms with Gasteiger partial charge in [0.15, 0.2) is 5.13 Å². The Morgan fingerprint density at radius 3 is 2.72 bits per heavy atom. The summed E-state index contributed by atoms with van der Waals surface area (Å²) in [7, 11) is 0. The number of hydrogen-bond acceptors (Lipinski definition) is 4. The number of amides is 1. The van der Waals surface area contributed by atoms with Gasteiger partial charge >= 0.3 is 0 Å². The van der Waals surface area contributed by atoms with E-state index in [1.54, 1.807) is 17.5 Å². The number of carbonyl (C=O) groups excluding carboxylic acids is 1. The van der Waals surface area contributed by atoms with E-state index in [4.69, 9.17) is 23.2 Å². The third kappa shape index (κ3) is 4.70. The van der Waals surface area contributed by atoms with Crippen molar-refractivity contribution in [1.29, 1.82) is 0 Å². The predicted molar refractivity (Wildman–Crippen MR) is 122 cm³/mol. The highest BCUT2D eigenvalue weighted by Crippen LogP contribution is 2.28. The molecule has 0 saturated carbocycles. The Balaban J connectivity index is 1.38. The first-order valence-corrected chi connectivity index (χ1v) is 10.7. The third-order valence-corrected chi connectivity index (χ3v) is 5.81. The maximum atomic E-state index is 12.4. The van der Waals surface area contributed by atoms with Crippen LogP contribution in [0.25, 0.3) is 10.8 Å². The molecule has 4 aromatic rings. The van der Waals surface area contributed by atoms with E-state index < -0.39 is 0 Å². The summed E-state index contributed by atoms with van der Waals surface area (Å²) in [6, 6.07) is 19.5. The van der Waals surface area contributed by atoms with Gasteiger partial charge in [0.25, 0.3) is 5.91 Å². The maximum absolute atomic E-state index is 12.4. The summed E-state index contributed by atoms with van der Waals surface area (Å²) in [6.07, 6.45) is 0.618. The summed E-state index contributed by atoms with van der Waals surface area (Å²) < 4.78 is 0. The van der Waals surface area contributed by atoms with Crippen LogP contribution in [0.3, 0.4) is 0 Å². The van der Waals surface area contributed by atoms with Gasteiger partial charge in [0, 0.05) is 33.0 Å². The number of fused-ring (bicyclic) bond motifs is 1. The Hall–Kier alpha value is -2.60. The van der Waals surface area contributed by atoms with Crippen molar-refractivity contribution in [3.8, 4) is 0 Å². The quantitative estimate of drug-likeness (QED) is 0.368. The van der Waals surface area contributed by atoms with Crippen LogP contribution in [0.15, 0.2) is 66.0 Å². The number of nitrogens with zero attached hydrogens (tertiary/aromatic N) is 1. The molecule has 29 heavy (non-hydrogen) atoms. The minimum atomic E-state index is -0.211. The number of halogens is 2. The van der Waals surface area contributed by atoms with Gasteiger partial charge < -0.3 is 10.6 Å². The van der Waals surface area contributed by atoms with Gasteiger partial charge in [-0.25, -0.2) is 4.98 Å². The van der Waals surface area contributed by atoms with Gasteiger partial charge in [0.1, 0.15) is 5.69 Å². The Labute approximate surface area is 182 Å². The van der Waals surface area contributed by atoms with Gasteiger partial charge in [0.2, 0.25) is 0 Å². The van der Waals surface area contributed by atoms with Crippen LogP contribution < -0.4 is 10.6 Å². The first-order chi connectivity index (χ1) is 14.1. The lowest BCUT2D eigenvalue weighted by atomic mass is 10.1. The smallest absolute Gasteiger partial charge is 0.270 e. The zero-order valence-corrected chi connectivity index (χ0v) is 17.6. The van der Waals surface area contributed by atoms with Crippen LogP contribution in [0.1, 0.15) is 16.1 Å². The minimum Gasteiger partial charge on any atom is -0.350 e. The summed E-state index contributed by atoms with van der Waals surface area (Å²) in [5.74, 6) is -0.211. The molecule has 146 valence electrons. The highest BCUT2D eigenvalue weighted by atomic mass is 35.5. The molecule has 1 amide bonds. The molecule has 4 rings (SSSR count). The molecule has 2 N–H and O–H groups in total. The zero-order valence-electron chi connectivity index (χ0n) is 15.3. The normalized spacial score (nSPS) is 10.8. The maximum Gasteiger partial charge on any atom is 0.270 e. The Morgan fingerprint density at radius 2 is 1.86 bits per heavy atom. The lowest BCUT2D eigenvalue weighted by Crippen LogP contribution is -2.26. The van der Waals surface area contributed by atoms with Crippen LogP contribution in [-0.2, 0) is 6.42 Å². The topological polar surface area (TPSA) is 54.0 Å². The van der Waals surface area contributed by atoms with Crippen LogP contribution in [0.4, 0.5) is 10.8 Å². The van der Waals surface area contributed by atoms with Crippen molar-refractivity contribution in [2.75, 3.05) is 11.9 Å². The fourth-order valence-corrected chi connectivity index (χ4v) is 4.22. The predicted octanol–water partition coefficient (Wildman–Crippen LogP) is 6.32. The van der Waals surface area contributed by atoms with Crippen molar-refractivity contribution in [3.05, 3.63) is 87.3 Å². The summed E-state index contributed by atoms with van der Waals surface area (Å²) >= 11 is 13.5. The van der Waals surface area contributed by atoms with E-state index in [9.17, 15) is 4.79 Å². The van der Waals surface area contributed by atoms with Gasteiger partial charge in [-0.1, -0.05) is 65.7 Å². The van der Waals surface area contributed by atoms with Crippen molar-refractivity contribution in [2.45, 2.75) is 6.42 Å². The fourth-order valence-electron chi connectivity index (χ4n) is 3.01. The van der Waals surface area contributed by atoms with Gasteiger partial charge in [0.05, 0.1) is 0 Å². The number of benzene rings is 3. The molecule has 4 nitrogen and oxygen atoms in total. The number of rotatable bonds is 6. The van der Waals surface area contributed by atoms with Gasteiger partial charge in [-0.15, -0.1) is 11.3 Å². The molecule has 0 radical (unpaired) electrons. The van der Waals surface area contributed by atoms with Crippen LogP contribution in [0.5, 0.6) is 0 Å². The minimum absolute atomic E-state index is 0.211. The molecule has 0 unspecified atom stereocenters. The van der Waals surface area contributed by atoms with E-state index in [1.807, 2.05) is 30.3 Å². The highest BCUT2D eigenvalue weighted by Gasteiger charge is 2.12. The Morgan fingerprint density at radius 1 is 1.03 bits per heavy atom. The molecule has 0 aliphatic carbocycles. The molecule has 0 aliphatic rings. The number of nitrogens with one attached hydrogen (secondary N) is 2. The number of hydrogen-bond donors (Lipinski definition) is 2. The van der Waals surface area contributed by atoms with Crippen molar-refractivity contribution in [1.82, 2.24) is 10.3 Å². The molecular weight excluding hydrogens is 425 g/mol. The van der Waals surface area contributed by atoms with Gasteiger partial charge in [-0.2, -0.15) is 0 Å². The van der Waals surface area contributed by atoms with E-state index in [0.717, 1.165) is 22.0 Å². The Kier molecular flexibility index (Phi) is 6.00. The first-order valence-electron chi connectivity index (χ1n) is 9.02. The monoisotopic (exact) mass is 441 g/mol. The van der Waals surface area contributed by atoms with Gasteiger partial charge in [-0.05, 0) is 35.6 Å². The van der Waals surface area contributed by atoms with Crippen molar-refractivity contribution in [3.63, 3.8) is 0 Å². The molecule has 0 spiro atoms. The fraction of sp³-hybridized carbons (Fsp3) is 0.0909. The lowest BCUT2D eigenvalue weighted by molar-refractivity contribution is 0.0950. The van der Waals surface area contributed by atoms with E-state index >= 15 is 0 Å². The summed E-state index contributed by atoms with van der Waals surface area (Å²) in [6.45, 7) is 0.462. The van der Waals surface area contributed by atoms with Crippen molar-refractivity contribution in [2.24, 2.45) is 0 Å². The van der Waals surface area contributed by atoms with Crippen molar-refractivity contribution < 1.29 is 4.79 Å². The molecule has 0 aliphatic heterocycles. The van der Waals surface area contributed by atoms with E-state index in [2.05, 4.69) is 33.8 Å². The molecule has 1 heterocycles. The summed E-state index contributed by atoms with van der Waals surface area (Å²) in [4.78, 5) is 16.8. The largest absolute Gasteiger partial charge is 0.350 e. The van der Waals surface area contributed by atoms with Crippen molar-refractivity contribution >= 4 is 62.0 Å². The van der Waals surface area contributed by atoms with E-state index in [0.29, 0.717) is 33.8 Å². The second-order valence-corrected chi connectivity index (χ2v) is 8.13. The van der Waals surface area contributed by atoms with Crippen LogP contribution in [0, 0.1) is 0 Å². The number of thiazole rings is 1. The molecule has 0 atom stereocenters. The molecule has 1 aromatic heterocycles. The van der Waals surface area contributed by atoms with E-state index in [1.165, 1.54) is 11.3 Å². The molecular formula is C22H17Cl2N3OS. The number of aromatic nitrogens is 1. The van der Waals surface area contributed by atoms with E-state index in [-0.39, 0.29) is 5.91 Å². The summed E-state index contributed by atoms with van der Waals surface area (Å²) in [5.41, 5.74) is 2.29. The summed E-state index contributed by atoms with van der Waals surface area (Å²) in [5, 5.41) is 12.1. The zero-order chi connectivity index (χ0) is 20.2. The van der Waals surface area contributed by atoms with Crippen LogP contribution in [0.2, 0.25) is 10.0 Å². The first kappa shape index (κ1) is 19.7. The van der Waals surface area contributed by atoms with Crippen LogP contribution >= 0.6 is 34.5 Å². The van der Waals surface area contributed by atoms with Crippen LogP contribution in [-0.4, -0.2) is 17.4 Å². The molecule has 0 fully saturated rings. The highest BCUT2D eigenvalue weighted by molar-refractivity contribution is 7.14. The lowest BCUT2D eigenvalue weighted by Gasteiger charge is -2.07. The average Bonchev–Trinajstić information content (AvgIpc) is 3.18. The average molecular weight is 442 g/mol.